The topological polar surface area (TPSA) is 140 Å². The number of piperazine rings is 1. The van der Waals surface area contributed by atoms with Gasteiger partial charge in [-0.1, -0.05) is 12.2 Å². The van der Waals surface area contributed by atoms with Gasteiger partial charge in [-0.2, -0.15) is 4.98 Å². The Kier molecular flexibility index (Phi) is 7.08. The second kappa shape index (κ2) is 11.4. The number of methoxy groups -OCH3 is 1. The van der Waals surface area contributed by atoms with Gasteiger partial charge >= 0.3 is 6.09 Å². The van der Waals surface area contributed by atoms with Gasteiger partial charge in [-0.25, -0.2) is 24.1 Å². The normalized spacial score (nSPS) is 16.6. The number of aromatic nitrogens is 5. The first-order valence-corrected chi connectivity index (χ1v) is 14.5. The number of anilines is 4. The highest BCUT2D eigenvalue weighted by Crippen LogP contribution is 2.32. The second-order valence-electron chi connectivity index (χ2n) is 10.7. The van der Waals surface area contributed by atoms with Gasteiger partial charge in [0.25, 0.3) is 11.5 Å². The molecular formula is C30H31N9O5. The van der Waals surface area contributed by atoms with Crippen LogP contribution in [0, 0.1) is 0 Å². The molecule has 2 amide bonds. The highest BCUT2D eigenvalue weighted by atomic mass is 16.5. The molecule has 6 heterocycles. The standard InChI is InChI=1S/C30H31N9O5/c1-43-30(42)36-16-14-35(15-17-36)21-8-6-20(7-9-21)32-29-31-18-22-26(34-29)39-24-11-10-23-27(33-24)37(25(40)19-44-23)12-4-2-3-5-13-38(39)28(22)41/h3,5-11,18H,2,4,12-17,19H2,1H3,(H,31,32,34). The molecule has 0 atom stereocenters. The van der Waals surface area contributed by atoms with Gasteiger partial charge in [-0.15, -0.1) is 0 Å². The van der Waals surface area contributed by atoms with Crippen molar-refractivity contribution in [1.82, 2.24) is 29.2 Å². The Hall–Kier alpha value is -5.40. The van der Waals surface area contributed by atoms with Crippen LogP contribution in [0.15, 0.2) is 59.5 Å². The van der Waals surface area contributed by atoms with Crippen molar-refractivity contribution in [3.8, 4) is 11.6 Å². The summed E-state index contributed by atoms with van der Waals surface area (Å²) in [6, 6.07) is 11.4. The van der Waals surface area contributed by atoms with Crippen LogP contribution >= 0.6 is 0 Å². The van der Waals surface area contributed by atoms with Crippen molar-refractivity contribution in [1.29, 1.82) is 0 Å². The van der Waals surface area contributed by atoms with Gasteiger partial charge in [-0.05, 0) is 49.2 Å². The van der Waals surface area contributed by atoms with Gasteiger partial charge < -0.3 is 24.6 Å². The molecule has 1 fully saturated rings. The van der Waals surface area contributed by atoms with Gasteiger partial charge in [-0.3, -0.25) is 14.5 Å². The third-order valence-electron chi connectivity index (χ3n) is 8.02. The van der Waals surface area contributed by atoms with Crippen molar-refractivity contribution in [2.45, 2.75) is 19.4 Å². The Bertz CT molecular complexity index is 1820. The largest absolute Gasteiger partial charge is 0.480 e. The molecule has 14 nitrogen and oxygen atoms in total. The molecule has 3 aromatic heterocycles. The molecule has 14 heteroatoms. The molecule has 0 spiro atoms. The van der Waals surface area contributed by atoms with E-state index in [1.807, 2.05) is 36.4 Å². The number of allylic oxidation sites excluding steroid dienone is 2. The molecule has 3 aliphatic heterocycles. The second-order valence-corrected chi connectivity index (χ2v) is 10.7. The fourth-order valence-corrected chi connectivity index (χ4v) is 5.72. The van der Waals surface area contributed by atoms with Crippen LogP contribution < -0.4 is 25.4 Å². The number of nitrogens with one attached hydrogen (secondary N) is 1. The van der Waals surface area contributed by atoms with Crippen LogP contribution in [0.5, 0.6) is 5.75 Å². The average Bonchev–Trinajstić information content (AvgIpc) is 3.32. The molecule has 0 saturated carbocycles. The van der Waals surface area contributed by atoms with Crippen molar-refractivity contribution in [2.75, 3.05) is 61.6 Å². The lowest BCUT2D eigenvalue weighted by Gasteiger charge is -2.35. The average molecular weight is 598 g/mol. The number of amides is 2. The molecule has 226 valence electrons. The van der Waals surface area contributed by atoms with Gasteiger partial charge in [0.15, 0.2) is 29.6 Å². The molecule has 0 aliphatic carbocycles. The molecule has 0 unspecified atom stereocenters. The smallest absolute Gasteiger partial charge is 0.409 e. The van der Waals surface area contributed by atoms with E-state index in [9.17, 15) is 14.4 Å². The summed E-state index contributed by atoms with van der Waals surface area (Å²) in [5, 5.41) is 3.60. The van der Waals surface area contributed by atoms with Crippen LogP contribution in [0.2, 0.25) is 0 Å². The molecule has 1 saturated heterocycles. The fraction of sp³-hybridized carbons (Fsp3) is 0.333. The molecule has 1 aromatic carbocycles. The predicted molar refractivity (Wildman–Crippen MR) is 163 cm³/mol. The van der Waals surface area contributed by atoms with E-state index >= 15 is 0 Å². The maximum Gasteiger partial charge on any atom is 0.409 e. The third kappa shape index (κ3) is 4.97. The van der Waals surface area contributed by atoms with Gasteiger partial charge in [0.2, 0.25) is 5.95 Å². The maximum atomic E-state index is 13.5. The predicted octanol–water partition coefficient (Wildman–Crippen LogP) is 2.68. The van der Waals surface area contributed by atoms with Crippen LogP contribution in [0.3, 0.4) is 0 Å². The third-order valence-corrected chi connectivity index (χ3v) is 8.02. The van der Waals surface area contributed by atoms with Crippen LogP contribution in [0.25, 0.3) is 16.9 Å². The Morgan fingerprint density at radius 3 is 2.59 bits per heavy atom. The number of hydrogen-bond acceptors (Lipinski definition) is 10. The minimum Gasteiger partial charge on any atom is -0.480 e. The molecule has 2 bridgehead atoms. The van der Waals surface area contributed by atoms with E-state index in [0.717, 1.165) is 24.2 Å². The van der Waals surface area contributed by atoms with E-state index in [1.54, 1.807) is 31.3 Å². The first-order chi connectivity index (χ1) is 21.5. The van der Waals surface area contributed by atoms with Gasteiger partial charge in [0.1, 0.15) is 5.39 Å². The number of carbonyl (C=O) groups is 2. The summed E-state index contributed by atoms with van der Waals surface area (Å²) >= 11 is 0. The van der Waals surface area contributed by atoms with E-state index in [4.69, 9.17) is 19.4 Å². The van der Waals surface area contributed by atoms with Crippen molar-refractivity contribution >= 4 is 46.2 Å². The van der Waals surface area contributed by atoms with E-state index in [-0.39, 0.29) is 24.2 Å². The first kappa shape index (κ1) is 27.4. The molecular weight excluding hydrogens is 566 g/mol. The zero-order valence-corrected chi connectivity index (χ0v) is 24.2. The summed E-state index contributed by atoms with van der Waals surface area (Å²) in [6.07, 6.45) is 6.70. The number of fused-ring (bicyclic) bond motifs is 5. The lowest BCUT2D eigenvalue weighted by Crippen LogP contribution is -2.48. The zero-order valence-electron chi connectivity index (χ0n) is 24.2. The fourth-order valence-electron chi connectivity index (χ4n) is 5.72. The lowest BCUT2D eigenvalue weighted by atomic mass is 10.2. The van der Waals surface area contributed by atoms with E-state index in [0.29, 0.717) is 73.6 Å². The summed E-state index contributed by atoms with van der Waals surface area (Å²) in [5.74, 6) is 1.56. The number of benzene rings is 1. The summed E-state index contributed by atoms with van der Waals surface area (Å²) in [6.45, 7) is 3.42. The number of ether oxygens (including phenoxy) is 2. The zero-order chi connectivity index (χ0) is 30.2. The Morgan fingerprint density at radius 1 is 0.977 bits per heavy atom. The summed E-state index contributed by atoms with van der Waals surface area (Å²) in [7, 11) is 1.39. The van der Waals surface area contributed by atoms with E-state index < -0.39 is 0 Å². The first-order valence-electron chi connectivity index (χ1n) is 14.5. The molecule has 1 N–H and O–H groups in total. The Balaban J connectivity index is 1.20. The van der Waals surface area contributed by atoms with Gasteiger partial charge in [0, 0.05) is 50.3 Å². The Morgan fingerprint density at radius 2 is 1.80 bits per heavy atom. The van der Waals surface area contributed by atoms with Crippen LogP contribution in [-0.2, 0) is 16.1 Å². The van der Waals surface area contributed by atoms with Crippen molar-refractivity contribution in [2.24, 2.45) is 0 Å². The molecule has 3 aliphatic rings. The minimum atomic E-state index is -0.305. The van der Waals surface area contributed by atoms with Gasteiger partial charge in [0.05, 0.1) is 13.7 Å². The van der Waals surface area contributed by atoms with E-state index in [2.05, 4.69) is 15.2 Å². The van der Waals surface area contributed by atoms with E-state index in [1.165, 1.54) is 13.3 Å². The molecule has 7 rings (SSSR count). The number of nitrogens with zero attached hydrogens (tertiary/aromatic N) is 8. The number of pyridine rings is 1. The molecule has 4 aromatic rings. The summed E-state index contributed by atoms with van der Waals surface area (Å²) in [5.41, 5.74) is 1.96. The molecule has 0 radical (unpaired) electrons. The number of carbonyl (C=O) groups excluding carboxylic acids is 2. The SMILES string of the molecule is COC(=O)N1CCN(c2ccc(Nc3ncc4c(=O)n5n(c4n3)-c3ccc4c(n3)N(CCCC=CC5)C(=O)CO4)cc2)CC1. The highest BCUT2D eigenvalue weighted by molar-refractivity contribution is 5.96. The van der Waals surface area contributed by atoms with Crippen molar-refractivity contribution < 1.29 is 19.1 Å². The quantitative estimate of drug-likeness (QED) is 0.351. The number of hydrogen-bond donors (Lipinski definition) is 1. The molecule has 44 heavy (non-hydrogen) atoms. The monoisotopic (exact) mass is 597 g/mol. The maximum absolute atomic E-state index is 13.5. The summed E-state index contributed by atoms with van der Waals surface area (Å²) in [4.78, 5) is 57.6. The number of rotatable bonds is 3. The lowest BCUT2D eigenvalue weighted by molar-refractivity contribution is -0.121. The van der Waals surface area contributed by atoms with Crippen molar-refractivity contribution in [3.05, 3.63) is 65.1 Å². The van der Waals surface area contributed by atoms with Crippen LogP contribution in [-0.4, -0.2) is 87.7 Å². The summed E-state index contributed by atoms with van der Waals surface area (Å²) < 4.78 is 13.7. The Labute approximate surface area is 252 Å². The van der Waals surface area contributed by atoms with Crippen LogP contribution in [0.4, 0.5) is 27.9 Å². The van der Waals surface area contributed by atoms with Crippen LogP contribution in [0.1, 0.15) is 12.8 Å². The van der Waals surface area contributed by atoms with Crippen molar-refractivity contribution in [3.63, 3.8) is 0 Å². The minimum absolute atomic E-state index is 0.0315. The highest BCUT2D eigenvalue weighted by Gasteiger charge is 2.28.